The molecule has 0 spiro atoms. The molecule has 1 unspecified atom stereocenters. The third kappa shape index (κ3) is 4.35. The Labute approximate surface area is 143 Å². The molecule has 0 saturated heterocycles. The summed E-state index contributed by atoms with van der Waals surface area (Å²) in [5, 5.41) is 10.6. The Kier molecular flexibility index (Phi) is 5.64. The Morgan fingerprint density at radius 3 is 2.46 bits per heavy atom. The first-order chi connectivity index (χ1) is 11.3. The fourth-order valence-corrected chi connectivity index (χ4v) is 3.67. The molecule has 2 rings (SSSR count). The molecular formula is C18H23NO4S. The van der Waals surface area contributed by atoms with Crippen molar-refractivity contribution in [1.29, 1.82) is 0 Å². The molecule has 0 bridgehead atoms. The lowest BCUT2D eigenvalue weighted by atomic mass is 9.97. The molecule has 2 aromatic carbocycles. The van der Waals surface area contributed by atoms with Gasteiger partial charge in [-0.2, -0.15) is 0 Å². The van der Waals surface area contributed by atoms with Crippen LogP contribution in [0.25, 0.3) is 0 Å². The van der Waals surface area contributed by atoms with Gasteiger partial charge in [-0.25, -0.2) is 13.1 Å². The number of aryl methyl sites for hydroxylation is 1. The molecule has 0 heterocycles. The van der Waals surface area contributed by atoms with Gasteiger partial charge in [-0.1, -0.05) is 36.4 Å². The summed E-state index contributed by atoms with van der Waals surface area (Å²) in [5.74, 6) is 0.301. The minimum Gasteiger partial charge on any atom is -0.492 e. The van der Waals surface area contributed by atoms with Crippen LogP contribution < -0.4 is 9.46 Å². The first-order valence-electron chi connectivity index (χ1n) is 7.77. The molecule has 0 saturated carbocycles. The van der Waals surface area contributed by atoms with Crippen molar-refractivity contribution in [3.05, 3.63) is 59.7 Å². The van der Waals surface area contributed by atoms with Crippen LogP contribution in [0, 0.1) is 6.92 Å². The molecule has 6 heteroatoms. The highest BCUT2D eigenvalue weighted by Gasteiger charge is 2.27. The minimum atomic E-state index is -3.81. The van der Waals surface area contributed by atoms with E-state index < -0.39 is 15.6 Å². The normalized spacial score (nSPS) is 14.2. The van der Waals surface area contributed by atoms with Crippen molar-refractivity contribution in [2.45, 2.75) is 31.3 Å². The summed E-state index contributed by atoms with van der Waals surface area (Å²) >= 11 is 0. The highest BCUT2D eigenvalue weighted by atomic mass is 32.2. The van der Waals surface area contributed by atoms with Crippen molar-refractivity contribution in [3.63, 3.8) is 0 Å². The second-order valence-electron chi connectivity index (χ2n) is 5.85. The summed E-state index contributed by atoms with van der Waals surface area (Å²) in [4.78, 5) is 0.0770. The maximum absolute atomic E-state index is 12.7. The maximum atomic E-state index is 12.7. The van der Waals surface area contributed by atoms with Crippen molar-refractivity contribution in [2.75, 3.05) is 13.2 Å². The average Bonchev–Trinajstić information content (AvgIpc) is 2.56. The number of sulfonamides is 1. The summed E-state index contributed by atoms with van der Waals surface area (Å²) in [5.41, 5.74) is 0.139. The van der Waals surface area contributed by atoms with Crippen molar-refractivity contribution in [2.24, 2.45) is 0 Å². The van der Waals surface area contributed by atoms with Crippen molar-refractivity contribution < 1.29 is 18.3 Å². The molecule has 24 heavy (non-hydrogen) atoms. The molecule has 0 aliphatic heterocycles. The first kappa shape index (κ1) is 18.4. The topological polar surface area (TPSA) is 75.6 Å². The van der Waals surface area contributed by atoms with Crippen LogP contribution >= 0.6 is 0 Å². The van der Waals surface area contributed by atoms with Crippen LogP contribution in [0.2, 0.25) is 0 Å². The second kappa shape index (κ2) is 7.34. The zero-order valence-corrected chi connectivity index (χ0v) is 14.9. The van der Waals surface area contributed by atoms with Gasteiger partial charge in [0.25, 0.3) is 0 Å². The zero-order chi connectivity index (χ0) is 17.8. The summed E-state index contributed by atoms with van der Waals surface area (Å²) in [6, 6.07) is 13.9. The van der Waals surface area contributed by atoms with E-state index in [1.165, 1.54) is 0 Å². The fourth-order valence-electron chi connectivity index (χ4n) is 2.31. The van der Waals surface area contributed by atoms with Gasteiger partial charge in [0.1, 0.15) is 16.2 Å². The van der Waals surface area contributed by atoms with Crippen molar-refractivity contribution in [3.8, 4) is 5.75 Å². The van der Waals surface area contributed by atoms with E-state index in [0.29, 0.717) is 17.9 Å². The number of hydrogen-bond donors (Lipinski definition) is 2. The number of nitrogens with one attached hydrogen (secondary N) is 1. The Morgan fingerprint density at radius 2 is 1.83 bits per heavy atom. The molecule has 0 radical (unpaired) electrons. The third-order valence-electron chi connectivity index (χ3n) is 3.69. The van der Waals surface area contributed by atoms with E-state index in [0.717, 1.165) is 5.56 Å². The Morgan fingerprint density at radius 1 is 1.17 bits per heavy atom. The van der Waals surface area contributed by atoms with E-state index in [1.807, 2.05) is 13.0 Å². The molecule has 5 nitrogen and oxygen atoms in total. The fraction of sp³-hybridized carbons (Fsp3) is 0.333. The molecule has 0 aliphatic rings. The molecule has 0 fully saturated rings. The van der Waals surface area contributed by atoms with Gasteiger partial charge in [-0.05, 0) is 44.0 Å². The number of rotatable bonds is 7. The summed E-state index contributed by atoms with van der Waals surface area (Å²) < 4.78 is 33.2. The van der Waals surface area contributed by atoms with Crippen LogP contribution in [0.3, 0.4) is 0 Å². The van der Waals surface area contributed by atoms with Gasteiger partial charge >= 0.3 is 0 Å². The average molecular weight is 349 g/mol. The van der Waals surface area contributed by atoms with Crippen LogP contribution in [-0.4, -0.2) is 26.7 Å². The van der Waals surface area contributed by atoms with E-state index in [1.54, 1.807) is 56.3 Å². The smallest absolute Gasteiger partial charge is 0.244 e. The maximum Gasteiger partial charge on any atom is 0.244 e. The molecule has 2 N–H and O–H groups in total. The van der Waals surface area contributed by atoms with E-state index in [2.05, 4.69) is 4.72 Å². The second-order valence-corrected chi connectivity index (χ2v) is 7.58. The lowest BCUT2D eigenvalue weighted by molar-refractivity contribution is 0.0627. The lowest BCUT2D eigenvalue weighted by Crippen LogP contribution is -2.38. The Hall–Kier alpha value is -1.89. The van der Waals surface area contributed by atoms with Gasteiger partial charge < -0.3 is 9.84 Å². The number of aliphatic hydroxyl groups is 1. The van der Waals surface area contributed by atoms with Crippen LogP contribution in [0.15, 0.2) is 53.4 Å². The Balaban J connectivity index is 2.25. The highest BCUT2D eigenvalue weighted by Crippen LogP contribution is 2.26. The largest absolute Gasteiger partial charge is 0.492 e. The van der Waals surface area contributed by atoms with Gasteiger partial charge in [-0.3, -0.25) is 0 Å². The van der Waals surface area contributed by atoms with Gasteiger partial charge in [-0.15, -0.1) is 0 Å². The van der Waals surface area contributed by atoms with E-state index in [4.69, 9.17) is 4.74 Å². The number of benzene rings is 2. The minimum absolute atomic E-state index is 0.0770. The molecule has 2 aromatic rings. The molecule has 1 atom stereocenters. The van der Waals surface area contributed by atoms with Gasteiger partial charge in [0.2, 0.25) is 10.0 Å². The lowest BCUT2D eigenvalue weighted by Gasteiger charge is -2.24. The van der Waals surface area contributed by atoms with E-state index in [-0.39, 0.29) is 11.4 Å². The number of hydrogen-bond acceptors (Lipinski definition) is 4. The van der Waals surface area contributed by atoms with Crippen LogP contribution in [0.1, 0.15) is 25.0 Å². The highest BCUT2D eigenvalue weighted by molar-refractivity contribution is 7.89. The van der Waals surface area contributed by atoms with Gasteiger partial charge in [0.05, 0.1) is 6.61 Å². The van der Waals surface area contributed by atoms with Gasteiger partial charge in [0.15, 0.2) is 0 Å². The van der Waals surface area contributed by atoms with Crippen molar-refractivity contribution in [1.82, 2.24) is 4.72 Å². The van der Waals surface area contributed by atoms with Crippen molar-refractivity contribution >= 4 is 10.0 Å². The van der Waals surface area contributed by atoms with Crippen LogP contribution in [0.4, 0.5) is 0 Å². The predicted octanol–water partition coefficient (Wildman–Crippen LogP) is 2.58. The van der Waals surface area contributed by atoms with E-state index in [9.17, 15) is 13.5 Å². The van der Waals surface area contributed by atoms with E-state index >= 15 is 0 Å². The zero-order valence-electron chi connectivity index (χ0n) is 14.1. The van der Waals surface area contributed by atoms with Gasteiger partial charge in [0, 0.05) is 6.54 Å². The molecule has 0 amide bonds. The molecular weight excluding hydrogens is 326 g/mol. The first-order valence-corrected chi connectivity index (χ1v) is 9.25. The van der Waals surface area contributed by atoms with Crippen LogP contribution in [0.5, 0.6) is 5.75 Å². The summed E-state index contributed by atoms with van der Waals surface area (Å²) in [7, 11) is -3.81. The number of ether oxygens (including phenoxy) is 1. The molecule has 0 aliphatic carbocycles. The predicted molar refractivity (Wildman–Crippen MR) is 93.5 cm³/mol. The summed E-state index contributed by atoms with van der Waals surface area (Å²) in [6.45, 7) is 5.41. The Bertz CT molecular complexity index is 786. The third-order valence-corrected chi connectivity index (χ3v) is 5.11. The van der Waals surface area contributed by atoms with Crippen LogP contribution in [-0.2, 0) is 15.6 Å². The monoisotopic (exact) mass is 349 g/mol. The molecule has 130 valence electrons. The quantitative estimate of drug-likeness (QED) is 0.806. The summed E-state index contributed by atoms with van der Waals surface area (Å²) in [6.07, 6.45) is 0. The SMILES string of the molecule is CCOc1ccc(C)cc1S(=O)(=O)NCC(C)(O)c1ccccc1. The standard InChI is InChI=1S/C18H23NO4S/c1-4-23-16-11-10-14(2)12-17(16)24(21,22)19-13-18(3,20)15-8-6-5-7-9-15/h5-12,19-20H,4,13H2,1-3H3. The molecule has 0 aromatic heterocycles.